The first-order valence-electron chi connectivity index (χ1n) is 5.97. The Hall–Kier alpha value is -2.07. The van der Waals surface area contributed by atoms with E-state index < -0.39 is 11.8 Å². The first kappa shape index (κ1) is 14.3. The molecule has 0 aliphatic rings. The molecule has 0 spiro atoms. The van der Waals surface area contributed by atoms with Crippen molar-refractivity contribution in [2.75, 3.05) is 12.4 Å². The lowest BCUT2D eigenvalue weighted by atomic mass is 10.1. The third kappa shape index (κ3) is 3.27. The van der Waals surface area contributed by atoms with E-state index in [4.69, 9.17) is 11.6 Å². The van der Waals surface area contributed by atoms with Gasteiger partial charge in [-0.25, -0.2) is 9.18 Å². The lowest BCUT2D eigenvalue weighted by Gasteiger charge is -2.09. The highest BCUT2D eigenvalue weighted by atomic mass is 35.5. The molecule has 0 radical (unpaired) electrons. The van der Waals surface area contributed by atoms with Crippen molar-refractivity contribution in [3.8, 4) is 0 Å². The van der Waals surface area contributed by atoms with Gasteiger partial charge in [-0.05, 0) is 29.8 Å². The van der Waals surface area contributed by atoms with Crippen LogP contribution in [0, 0.1) is 5.82 Å². The largest absolute Gasteiger partial charge is 0.465 e. The minimum absolute atomic E-state index is 0.100. The van der Waals surface area contributed by atoms with Gasteiger partial charge in [0, 0.05) is 17.3 Å². The fraction of sp³-hybridized carbons (Fsp3) is 0.133. The zero-order valence-corrected chi connectivity index (χ0v) is 11.6. The molecule has 0 saturated heterocycles. The van der Waals surface area contributed by atoms with Crippen molar-refractivity contribution in [2.45, 2.75) is 6.54 Å². The Labute approximate surface area is 121 Å². The Balaban J connectivity index is 2.14. The van der Waals surface area contributed by atoms with Gasteiger partial charge < -0.3 is 10.1 Å². The summed E-state index contributed by atoms with van der Waals surface area (Å²) in [5.74, 6) is -1.32. The summed E-state index contributed by atoms with van der Waals surface area (Å²) in [6.07, 6.45) is 0. The zero-order chi connectivity index (χ0) is 14.5. The molecule has 2 aromatic carbocycles. The quantitative estimate of drug-likeness (QED) is 0.870. The average Bonchev–Trinajstić information content (AvgIpc) is 2.47. The Morgan fingerprint density at radius 1 is 1.30 bits per heavy atom. The molecule has 3 nitrogen and oxygen atoms in total. The summed E-state index contributed by atoms with van der Waals surface area (Å²) in [4.78, 5) is 11.4. The second-order valence-corrected chi connectivity index (χ2v) is 4.54. The molecule has 0 atom stereocenters. The van der Waals surface area contributed by atoms with Gasteiger partial charge in [0.2, 0.25) is 0 Å². The predicted octanol–water partition coefficient (Wildman–Crippen LogP) is 3.88. The number of carbonyl (C=O) groups is 1. The fourth-order valence-electron chi connectivity index (χ4n) is 1.74. The highest BCUT2D eigenvalue weighted by Gasteiger charge is 2.12. The van der Waals surface area contributed by atoms with Gasteiger partial charge in [0.15, 0.2) is 0 Å². The van der Waals surface area contributed by atoms with Gasteiger partial charge in [-0.2, -0.15) is 0 Å². The summed E-state index contributed by atoms with van der Waals surface area (Å²) >= 11 is 6.05. The SMILES string of the molecule is COC(=O)c1cc(NCc2ccccc2Cl)ccc1F. The van der Waals surface area contributed by atoms with E-state index in [0.717, 1.165) is 5.56 Å². The number of nitrogens with one attached hydrogen (secondary N) is 1. The minimum Gasteiger partial charge on any atom is -0.465 e. The van der Waals surface area contributed by atoms with Crippen molar-refractivity contribution < 1.29 is 13.9 Å². The molecule has 2 aromatic rings. The van der Waals surface area contributed by atoms with Crippen LogP contribution in [-0.4, -0.2) is 13.1 Å². The van der Waals surface area contributed by atoms with Gasteiger partial charge in [0.1, 0.15) is 5.82 Å². The zero-order valence-electron chi connectivity index (χ0n) is 10.8. The number of anilines is 1. The molecule has 0 fully saturated rings. The van der Waals surface area contributed by atoms with Crippen LogP contribution in [0.5, 0.6) is 0 Å². The predicted molar refractivity (Wildman–Crippen MR) is 76.5 cm³/mol. The molecule has 0 unspecified atom stereocenters. The lowest BCUT2D eigenvalue weighted by molar-refractivity contribution is 0.0595. The molecule has 0 heterocycles. The maximum absolute atomic E-state index is 13.5. The number of ether oxygens (including phenoxy) is 1. The van der Waals surface area contributed by atoms with Crippen molar-refractivity contribution in [1.82, 2.24) is 0 Å². The number of carbonyl (C=O) groups excluding carboxylic acids is 1. The molecule has 0 bridgehead atoms. The molecular weight excluding hydrogens is 281 g/mol. The lowest BCUT2D eigenvalue weighted by Crippen LogP contribution is -2.06. The third-order valence-electron chi connectivity index (χ3n) is 2.81. The molecule has 0 aromatic heterocycles. The smallest absolute Gasteiger partial charge is 0.340 e. The van der Waals surface area contributed by atoms with E-state index >= 15 is 0 Å². The van der Waals surface area contributed by atoms with Gasteiger partial charge in [-0.15, -0.1) is 0 Å². The molecule has 0 aliphatic heterocycles. The van der Waals surface area contributed by atoms with Crippen LogP contribution in [0.25, 0.3) is 0 Å². The molecule has 5 heteroatoms. The van der Waals surface area contributed by atoms with Crippen molar-refractivity contribution >= 4 is 23.3 Å². The number of benzene rings is 2. The van der Waals surface area contributed by atoms with E-state index in [1.807, 2.05) is 18.2 Å². The second kappa shape index (κ2) is 6.39. The second-order valence-electron chi connectivity index (χ2n) is 4.13. The number of hydrogen-bond acceptors (Lipinski definition) is 3. The van der Waals surface area contributed by atoms with Crippen molar-refractivity contribution in [3.05, 3.63) is 64.4 Å². The molecule has 0 amide bonds. The van der Waals surface area contributed by atoms with E-state index in [2.05, 4.69) is 10.1 Å². The number of halogens is 2. The van der Waals surface area contributed by atoms with Gasteiger partial charge >= 0.3 is 5.97 Å². The highest BCUT2D eigenvalue weighted by molar-refractivity contribution is 6.31. The van der Waals surface area contributed by atoms with Crippen LogP contribution in [0.2, 0.25) is 5.02 Å². The van der Waals surface area contributed by atoms with Crippen LogP contribution in [0.15, 0.2) is 42.5 Å². The Bertz CT molecular complexity index is 631. The summed E-state index contributed by atoms with van der Waals surface area (Å²) in [7, 11) is 1.21. The fourth-order valence-corrected chi connectivity index (χ4v) is 1.94. The van der Waals surface area contributed by atoms with Crippen LogP contribution in [-0.2, 0) is 11.3 Å². The first-order chi connectivity index (χ1) is 9.61. The summed E-state index contributed by atoms with van der Waals surface area (Å²) in [6, 6.07) is 11.6. The maximum atomic E-state index is 13.5. The number of hydrogen-bond donors (Lipinski definition) is 1. The molecular formula is C15H13ClFNO2. The first-order valence-corrected chi connectivity index (χ1v) is 6.34. The maximum Gasteiger partial charge on any atom is 0.340 e. The van der Waals surface area contributed by atoms with Gasteiger partial charge in [-0.3, -0.25) is 0 Å². The Morgan fingerprint density at radius 3 is 2.75 bits per heavy atom. The summed E-state index contributed by atoms with van der Waals surface area (Å²) in [5.41, 5.74) is 1.43. The summed E-state index contributed by atoms with van der Waals surface area (Å²) < 4.78 is 18.0. The van der Waals surface area contributed by atoms with E-state index in [9.17, 15) is 9.18 Å². The van der Waals surface area contributed by atoms with E-state index in [1.54, 1.807) is 12.1 Å². The van der Waals surface area contributed by atoms with E-state index in [-0.39, 0.29) is 5.56 Å². The monoisotopic (exact) mass is 293 g/mol. The Morgan fingerprint density at radius 2 is 2.05 bits per heavy atom. The van der Waals surface area contributed by atoms with Crippen LogP contribution in [0.1, 0.15) is 15.9 Å². The van der Waals surface area contributed by atoms with Crippen molar-refractivity contribution in [1.29, 1.82) is 0 Å². The molecule has 104 valence electrons. The minimum atomic E-state index is -0.705. The Kier molecular flexibility index (Phi) is 4.58. The third-order valence-corrected chi connectivity index (χ3v) is 3.18. The molecule has 2 rings (SSSR count). The summed E-state index contributed by atoms with van der Waals surface area (Å²) in [6.45, 7) is 0.478. The number of esters is 1. The average molecular weight is 294 g/mol. The van der Waals surface area contributed by atoms with Crippen LogP contribution < -0.4 is 5.32 Å². The topological polar surface area (TPSA) is 38.3 Å². The van der Waals surface area contributed by atoms with Crippen molar-refractivity contribution in [2.24, 2.45) is 0 Å². The molecule has 1 N–H and O–H groups in total. The summed E-state index contributed by atoms with van der Waals surface area (Å²) in [5, 5.41) is 3.74. The van der Waals surface area contributed by atoms with Gasteiger partial charge in [0.25, 0.3) is 0 Å². The molecule has 0 aliphatic carbocycles. The normalized spacial score (nSPS) is 10.2. The number of methoxy groups -OCH3 is 1. The van der Waals surface area contributed by atoms with Crippen LogP contribution in [0.3, 0.4) is 0 Å². The van der Waals surface area contributed by atoms with Gasteiger partial charge in [-0.1, -0.05) is 29.8 Å². The molecule has 20 heavy (non-hydrogen) atoms. The van der Waals surface area contributed by atoms with E-state index in [0.29, 0.717) is 17.3 Å². The van der Waals surface area contributed by atoms with E-state index in [1.165, 1.54) is 19.2 Å². The molecule has 0 saturated carbocycles. The highest BCUT2D eigenvalue weighted by Crippen LogP contribution is 2.19. The van der Waals surface area contributed by atoms with Crippen LogP contribution >= 0.6 is 11.6 Å². The van der Waals surface area contributed by atoms with Crippen molar-refractivity contribution in [3.63, 3.8) is 0 Å². The standard InChI is InChI=1S/C15H13ClFNO2/c1-20-15(19)12-8-11(6-7-14(12)17)18-9-10-4-2-3-5-13(10)16/h2-8,18H,9H2,1H3. The van der Waals surface area contributed by atoms with Gasteiger partial charge in [0.05, 0.1) is 12.7 Å². The van der Waals surface area contributed by atoms with Crippen LogP contribution in [0.4, 0.5) is 10.1 Å². The number of rotatable bonds is 4.